The molecule has 22 heavy (non-hydrogen) atoms. The van der Waals surface area contributed by atoms with E-state index in [1.165, 1.54) is 6.92 Å². The van der Waals surface area contributed by atoms with Crippen molar-refractivity contribution in [1.29, 1.82) is 0 Å². The summed E-state index contributed by atoms with van der Waals surface area (Å²) in [5, 5.41) is 10.4. The Morgan fingerprint density at radius 2 is 2.14 bits per heavy atom. The Balaban J connectivity index is 2.37. The molecule has 0 saturated carbocycles. The normalized spacial score (nSPS) is 37.3. The zero-order valence-electron chi connectivity index (χ0n) is 13.2. The average Bonchev–Trinajstić information content (AvgIpc) is 2.68. The fraction of sp³-hybridized carbons (Fsp3) is 0.529. The minimum atomic E-state index is -0.727. The van der Waals surface area contributed by atoms with Crippen molar-refractivity contribution in [2.24, 2.45) is 5.92 Å². The molecule has 0 bridgehead atoms. The van der Waals surface area contributed by atoms with Gasteiger partial charge in [-0.15, -0.1) is 0 Å². The van der Waals surface area contributed by atoms with Crippen LogP contribution >= 0.6 is 0 Å². The van der Waals surface area contributed by atoms with E-state index >= 15 is 0 Å². The molecule has 1 aliphatic carbocycles. The first kappa shape index (κ1) is 16.5. The minimum Gasteiger partial charge on any atom is -0.458 e. The highest BCUT2D eigenvalue weighted by molar-refractivity contribution is 5.91. The molecule has 0 aromatic rings. The van der Waals surface area contributed by atoms with Crippen LogP contribution in [0.1, 0.15) is 33.6 Å². The van der Waals surface area contributed by atoms with Crippen LogP contribution in [0.5, 0.6) is 0 Å². The van der Waals surface area contributed by atoms with Crippen LogP contribution in [0.15, 0.2) is 35.5 Å². The van der Waals surface area contributed by atoms with Crippen LogP contribution in [0.2, 0.25) is 0 Å². The lowest BCUT2D eigenvalue weighted by Crippen LogP contribution is -2.30. The molecule has 2 rings (SSSR count). The quantitative estimate of drug-likeness (QED) is 0.456. The molecule has 1 heterocycles. The van der Waals surface area contributed by atoms with Crippen molar-refractivity contribution in [2.45, 2.75) is 51.9 Å². The molecule has 0 amide bonds. The molecule has 0 aromatic carbocycles. The van der Waals surface area contributed by atoms with Crippen molar-refractivity contribution in [3.05, 3.63) is 35.5 Å². The van der Waals surface area contributed by atoms with Crippen molar-refractivity contribution >= 4 is 11.9 Å². The van der Waals surface area contributed by atoms with Crippen LogP contribution in [0, 0.1) is 5.92 Å². The van der Waals surface area contributed by atoms with Crippen molar-refractivity contribution < 1.29 is 24.2 Å². The van der Waals surface area contributed by atoms with Crippen LogP contribution in [0.4, 0.5) is 0 Å². The Kier molecular flexibility index (Phi) is 4.86. The third-order valence-electron chi connectivity index (χ3n) is 4.13. The summed E-state index contributed by atoms with van der Waals surface area (Å²) in [4.78, 5) is 23.0. The zero-order chi connectivity index (χ0) is 16.4. The smallest absolute Gasteiger partial charge is 0.334 e. The molecule has 5 heteroatoms. The van der Waals surface area contributed by atoms with Gasteiger partial charge in [0, 0.05) is 18.9 Å². The van der Waals surface area contributed by atoms with Crippen LogP contribution in [-0.2, 0) is 19.1 Å². The van der Waals surface area contributed by atoms with Gasteiger partial charge in [-0.3, -0.25) is 4.79 Å². The van der Waals surface area contributed by atoms with Gasteiger partial charge in [0.25, 0.3) is 0 Å². The number of carbonyl (C=O) groups excluding carboxylic acids is 2. The highest BCUT2D eigenvalue weighted by Gasteiger charge is 2.42. The summed E-state index contributed by atoms with van der Waals surface area (Å²) >= 11 is 0. The second kappa shape index (κ2) is 6.48. The van der Waals surface area contributed by atoms with Gasteiger partial charge in [-0.25, -0.2) is 4.79 Å². The number of fused-ring (bicyclic) bond motifs is 1. The first-order chi connectivity index (χ1) is 10.3. The molecule has 0 aromatic heterocycles. The maximum Gasteiger partial charge on any atom is 0.334 e. The molecule has 0 radical (unpaired) electrons. The number of carbonyl (C=O) groups is 2. The summed E-state index contributed by atoms with van der Waals surface area (Å²) in [5.74, 6) is -1.31. The van der Waals surface area contributed by atoms with Gasteiger partial charge >= 0.3 is 11.9 Å². The van der Waals surface area contributed by atoms with E-state index in [1.54, 1.807) is 6.08 Å². The van der Waals surface area contributed by atoms with E-state index in [2.05, 4.69) is 6.58 Å². The summed E-state index contributed by atoms with van der Waals surface area (Å²) in [7, 11) is 0. The van der Waals surface area contributed by atoms with E-state index in [1.807, 2.05) is 19.9 Å². The molecule has 120 valence electrons. The molecule has 1 saturated heterocycles. The topological polar surface area (TPSA) is 72.8 Å². The van der Waals surface area contributed by atoms with Crippen molar-refractivity contribution in [1.82, 2.24) is 0 Å². The number of hydrogen-bond acceptors (Lipinski definition) is 5. The van der Waals surface area contributed by atoms with E-state index in [9.17, 15) is 14.7 Å². The summed E-state index contributed by atoms with van der Waals surface area (Å²) in [6, 6.07) is 0. The van der Waals surface area contributed by atoms with Gasteiger partial charge in [0.2, 0.25) is 0 Å². The number of esters is 2. The standard InChI is InChI=1S/C17H22O5/c1-9-5-6-14(21-12(4)18)10(2)8-15-16(13(19)7-9)11(3)17(20)22-15/h5,8,13-16,19H,3,6-7H2,1-2,4H3/b9-5-,10-8-/t13-,14-,15-,16-/m1/s1. The first-order valence-electron chi connectivity index (χ1n) is 7.38. The first-order valence-corrected chi connectivity index (χ1v) is 7.38. The molecule has 0 unspecified atom stereocenters. The van der Waals surface area contributed by atoms with E-state index in [0.717, 1.165) is 11.1 Å². The monoisotopic (exact) mass is 306 g/mol. The minimum absolute atomic E-state index is 0.291. The lowest BCUT2D eigenvalue weighted by Gasteiger charge is -2.25. The number of aliphatic hydroxyl groups is 1. The van der Waals surface area contributed by atoms with E-state index < -0.39 is 30.2 Å². The van der Waals surface area contributed by atoms with Crippen LogP contribution in [-0.4, -0.2) is 35.4 Å². The van der Waals surface area contributed by atoms with Gasteiger partial charge in [0.05, 0.1) is 12.0 Å². The molecule has 2 aliphatic rings. The van der Waals surface area contributed by atoms with Crippen LogP contribution < -0.4 is 0 Å². The fourth-order valence-electron chi connectivity index (χ4n) is 2.94. The Hall–Kier alpha value is -1.88. The van der Waals surface area contributed by atoms with Crippen molar-refractivity contribution in [2.75, 3.05) is 0 Å². The van der Waals surface area contributed by atoms with Crippen molar-refractivity contribution in [3.8, 4) is 0 Å². The predicted octanol–water partition coefficient (Wildman–Crippen LogP) is 2.06. The summed E-state index contributed by atoms with van der Waals surface area (Å²) in [6.45, 7) is 8.85. The zero-order valence-corrected chi connectivity index (χ0v) is 13.2. The molecule has 1 N–H and O–H groups in total. The second-order valence-electron chi connectivity index (χ2n) is 5.99. The summed E-state index contributed by atoms with van der Waals surface area (Å²) in [5.41, 5.74) is 2.06. The molecule has 0 spiro atoms. The highest BCUT2D eigenvalue weighted by Crippen LogP contribution is 2.34. The largest absolute Gasteiger partial charge is 0.458 e. The lowest BCUT2D eigenvalue weighted by molar-refractivity contribution is -0.144. The van der Waals surface area contributed by atoms with Gasteiger partial charge in [-0.1, -0.05) is 18.2 Å². The van der Waals surface area contributed by atoms with Gasteiger partial charge in [-0.05, 0) is 31.9 Å². The molecular formula is C17H22O5. The number of ether oxygens (including phenoxy) is 2. The average molecular weight is 306 g/mol. The number of hydrogen-bond donors (Lipinski definition) is 1. The Morgan fingerprint density at radius 3 is 2.77 bits per heavy atom. The molecular weight excluding hydrogens is 284 g/mol. The third-order valence-corrected chi connectivity index (χ3v) is 4.13. The van der Waals surface area contributed by atoms with E-state index in [4.69, 9.17) is 9.47 Å². The lowest BCUT2D eigenvalue weighted by atomic mass is 9.85. The van der Waals surface area contributed by atoms with Crippen LogP contribution in [0.25, 0.3) is 0 Å². The maximum atomic E-state index is 11.8. The molecule has 4 atom stereocenters. The Bertz CT molecular complexity index is 557. The van der Waals surface area contributed by atoms with Crippen LogP contribution in [0.3, 0.4) is 0 Å². The predicted molar refractivity (Wildman–Crippen MR) is 80.8 cm³/mol. The molecule has 1 fully saturated rings. The number of aliphatic hydroxyl groups excluding tert-OH is 1. The fourth-order valence-corrected chi connectivity index (χ4v) is 2.94. The molecule has 5 nitrogen and oxygen atoms in total. The van der Waals surface area contributed by atoms with Gasteiger partial charge in [-0.2, -0.15) is 0 Å². The number of rotatable bonds is 1. The SMILES string of the molecule is C=C1C(=O)O[C@@H]2/C=C(/C)[C@H](OC(C)=O)C/C=C(/C)C[C@@H](O)[C@@H]12. The second-order valence-corrected chi connectivity index (χ2v) is 5.99. The third kappa shape index (κ3) is 3.47. The summed E-state index contributed by atoms with van der Waals surface area (Å²) in [6.07, 6.45) is 2.98. The van der Waals surface area contributed by atoms with Gasteiger partial charge in [0.1, 0.15) is 12.2 Å². The van der Waals surface area contributed by atoms with Gasteiger partial charge < -0.3 is 14.6 Å². The summed E-state index contributed by atoms with van der Waals surface area (Å²) < 4.78 is 10.6. The highest BCUT2D eigenvalue weighted by atomic mass is 16.6. The van der Waals surface area contributed by atoms with Gasteiger partial charge in [0.15, 0.2) is 0 Å². The van der Waals surface area contributed by atoms with Crippen molar-refractivity contribution in [3.63, 3.8) is 0 Å². The van der Waals surface area contributed by atoms with E-state index in [0.29, 0.717) is 18.4 Å². The Morgan fingerprint density at radius 1 is 1.45 bits per heavy atom. The molecule has 1 aliphatic heterocycles. The maximum absolute atomic E-state index is 11.8. The van der Waals surface area contributed by atoms with E-state index in [-0.39, 0.29) is 5.97 Å². The Labute approximate surface area is 130 Å².